The lowest BCUT2D eigenvalue weighted by atomic mass is 10.1. The van der Waals surface area contributed by atoms with Gasteiger partial charge in [0.1, 0.15) is 0 Å². The Labute approximate surface area is 112 Å². The van der Waals surface area contributed by atoms with Crippen LogP contribution in [0.15, 0.2) is 12.1 Å². The maximum absolute atomic E-state index is 10.7. The first-order valence-electron chi connectivity index (χ1n) is 5.23. The lowest BCUT2D eigenvalue weighted by molar-refractivity contribution is -0.380. The summed E-state index contributed by atoms with van der Waals surface area (Å²) in [5.74, 6) is 0.630. The Morgan fingerprint density at radius 3 is 2.67 bits per heavy atom. The second kappa shape index (κ2) is 4.29. The molecule has 96 valence electrons. The molecule has 0 unspecified atom stereocenters. The van der Waals surface area contributed by atoms with E-state index in [9.17, 15) is 10.1 Å². The van der Waals surface area contributed by atoms with E-state index in [1.807, 2.05) is 25.3 Å². The topological polar surface area (TPSA) is 76.8 Å². The largest absolute Gasteiger partial charge is 0.324 e. The Bertz CT molecular complexity index is 647. The van der Waals surface area contributed by atoms with Gasteiger partial charge in [0.2, 0.25) is 0 Å². The smallest absolute Gasteiger partial charge is 0.294 e. The Kier molecular flexibility index (Phi) is 3.07. The highest BCUT2D eigenvalue weighted by Gasteiger charge is 2.22. The van der Waals surface area contributed by atoms with Gasteiger partial charge in [0.05, 0.1) is 9.80 Å². The summed E-state index contributed by atoms with van der Waals surface area (Å²) in [6, 6.07) is 3.17. The molecule has 0 spiro atoms. The van der Waals surface area contributed by atoms with Gasteiger partial charge in [-0.1, -0.05) is 11.3 Å². The molecule has 0 fully saturated rings. The second-order valence-corrected chi connectivity index (χ2v) is 6.20. The number of aromatic nitrogens is 3. The molecule has 0 saturated carbocycles. The summed E-state index contributed by atoms with van der Waals surface area (Å²) in [7, 11) is 0. The first-order chi connectivity index (χ1) is 8.30. The molecular weight excluding hydrogens is 272 g/mol. The third-order valence-electron chi connectivity index (χ3n) is 2.34. The maximum atomic E-state index is 10.7. The summed E-state index contributed by atoms with van der Waals surface area (Å²) >= 11 is 6.28. The molecule has 2 aromatic rings. The molecule has 6 nitrogen and oxygen atoms in total. The molecular formula is C10H12N4O2S2. The predicted octanol–water partition coefficient (Wildman–Crippen LogP) is 3.33. The van der Waals surface area contributed by atoms with Gasteiger partial charge in [0.15, 0.2) is 10.6 Å². The molecule has 18 heavy (non-hydrogen) atoms. The van der Waals surface area contributed by atoms with Crippen molar-refractivity contribution in [2.45, 2.75) is 26.3 Å². The number of rotatable bonds is 2. The van der Waals surface area contributed by atoms with Crippen molar-refractivity contribution in [2.24, 2.45) is 0 Å². The molecule has 0 amide bonds. The van der Waals surface area contributed by atoms with E-state index in [0.29, 0.717) is 10.6 Å². The van der Waals surface area contributed by atoms with Crippen molar-refractivity contribution >= 4 is 28.6 Å². The van der Waals surface area contributed by atoms with Gasteiger partial charge in [0.25, 0.3) is 0 Å². The Morgan fingerprint density at radius 1 is 1.50 bits per heavy atom. The SMILES string of the molecule is CC(C)(C)n1c(-c2ccc([N+](=O)[O-])s2)n[nH]c1=S. The summed E-state index contributed by atoms with van der Waals surface area (Å²) in [5, 5.41) is 17.7. The normalized spacial score (nSPS) is 11.7. The third-order valence-corrected chi connectivity index (χ3v) is 3.64. The van der Waals surface area contributed by atoms with Gasteiger partial charge < -0.3 is 0 Å². The Morgan fingerprint density at radius 2 is 2.17 bits per heavy atom. The minimum atomic E-state index is -0.406. The van der Waals surface area contributed by atoms with Crippen LogP contribution < -0.4 is 0 Å². The predicted molar refractivity (Wildman–Crippen MR) is 72.4 cm³/mol. The van der Waals surface area contributed by atoms with Crippen molar-refractivity contribution in [1.82, 2.24) is 14.8 Å². The molecule has 1 N–H and O–H groups in total. The standard InChI is InChI=1S/C10H12N4O2S2/c1-10(2,3)13-8(11-12-9(13)17)6-4-5-7(18-6)14(15)16/h4-5H,1-3H3,(H,12,17). The highest BCUT2D eigenvalue weighted by atomic mass is 32.1. The molecule has 8 heteroatoms. The van der Waals surface area contributed by atoms with Crippen LogP contribution in [-0.2, 0) is 5.54 Å². The molecule has 0 aliphatic heterocycles. The van der Waals surface area contributed by atoms with Crippen LogP contribution in [0, 0.1) is 14.9 Å². The molecule has 0 aliphatic rings. The zero-order chi connectivity index (χ0) is 13.5. The average Bonchev–Trinajstić information content (AvgIpc) is 2.81. The lowest BCUT2D eigenvalue weighted by Crippen LogP contribution is -2.22. The van der Waals surface area contributed by atoms with Crippen LogP contribution in [0.5, 0.6) is 0 Å². The van der Waals surface area contributed by atoms with Crippen LogP contribution in [-0.4, -0.2) is 19.7 Å². The minimum Gasteiger partial charge on any atom is -0.294 e. The van der Waals surface area contributed by atoms with Gasteiger partial charge in [-0.2, -0.15) is 5.10 Å². The number of nitrogens with zero attached hydrogens (tertiary/aromatic N) is 3. The van der Waals surface area contributed by atoms with E-state index in [0.717, 1.165) is 16.2 Å². The Balaban J connectivity index is 2.58. The van der Waals surface area contributed by atoms with E-state index in [-0.39, 0.29) is 10.5 Å². The van der Waals surface area contributed by atoms with Gasteiger partial charge in [0, 0.05) is 11.6 Å². The third kappa shape index (κ3) is 2.21. The van der Waals surface area contributed by atoms with Crippen LogP contribution in [0.3, 0.4) is 0 Å². The van der Waals surface area contributed by atoms with Crippen molar-refractivity contribution in [3.05, 3.63) is 27.0 Å². The van der Waals surface area contributed by atoms with E-state index < -0.39 is 4.92 Å². The van der Waals surface area contributed by atoms with E-state index in [2.05, 4.69) is 10.2 Å². The maximum Gasteiger partial charge on any atom is 0.324 e. The summed E-state index contributed by atoms with van der Waals surface area (Å²) in [4.78, 5) is 11.0. The molecule has 0 bridgehead atoms. The van der Waals surface area contributed by atoms with Gasteiger partial charge in [-0.15, -0.1) is 0 Å². The van der Waals surface area contributed by atoms with E-state index in [1.54, 1.807) is 6.07 Å². The first kappa shape index (κ1) is 12.9. The van der Waals surface area contributed by atoms with Crippen molar-refractivity contribution in [3.8, 4) is 10.7 Å². The number of aromatic amines is 1. The van der Waals surface area contributed by atoms with E-state index >= 15 is 0 Å². The minimum absolute atomic E-state index is 0.0966. The molecule has 0 atom stereocenters. The summed E-state index contributed by atoms with van der Waals surface area (Å²) in [6.07, 6.45) is 0. The van der Waals surface area contributed by atoms with Crippen LogP contribution in [0.2, 0.25) is 0 Å². The Hall–Kier alpha value is -1.54. The quantitative estimate of drug-likeness (QED) is 0.521. The molecule has 0 radical (unpaired) electrons. The number of nitrogens with one attached hydrogen (secondary N) is 1. The summed E-state index contributed by atoms with van der Waals surface area (Å²) in [5.41, 5.74) is -0.238. The van der Waals surface area contributed by atoms with Crippen molar-refractivity contribution in [1.29, 1.82) is 0 Å². The fraction of sp³-hybridized carbons (Fsp3) is 0.400. The van der Waals surface area contributed by atoms with Gasteiger partial charge in [-0.25, -0.2) is 0 Å². The van der Waals surface area contributed by atoms with Crippen molar-refractivity contribution in [3.63, 3.8) is 0 Å². The molecule has 2 rings (SSSR count). The molecule has 0 aliphatic carbocycles. The van der Waals surface area contributed by atoms with E-state index in [1.165, 1.54) is 6.07 Å². The van der Waals surface area contributed by atoms with E-state index in [4.69, 9.17) is 12.2 Å². The fourth-order valence-corrected chi connectivity index (χ4v) is 2.84. The van der Waals surface area contributed by atoms with Crippen LogP contribution in [0.4, 0.5) is 5.00 Å². The number of hydrogen-bond donors (Lipinski definition) is 1. The highest BCUT2D eigenvalue weighted by molar-refractivity contribution is 7.71. The fourth-order valence-electron chi connectivity index (χ4n) is 1.63. The molecule has 0 aromatic carbocycles. The molecule has 2 heterocycles. The molecule has 2 aromatic heterocycles. The van der Waals surface area contributed by atoms with Crippen molar-refractivity contribution in [2.75, 3.05) is 0 Å². The van der Waals surface area contributed by atoms with Gasteiger partial charge in [-0.05, 0) is 39.1 Å². The van der Waals surface area contributed by atoms with Crippen molar-refractivity contribution < 1.29 is 4.92 Å². The van der Waals surface area contributed by atoms with Gasteiger partial charge in [-0.3, -0.25) is 19.8 Å². The van der Waals surface area contributed by atoms with Gasteiger partial charge >= 0.3 is 5.00 Å². The molecule has 0 saturated heterocycles. The monoisotopic (exact) mass is 284 g/mol. The summed E-state index contributed by atoms with van der Waals surface area (Å²) in [6.45, 7) is 6.01. The first-order valence-corrected chi connectivity index (χ1v) is 6.45. The van der Waals surface area contributed by atoms with Crippen LogP contribution >= 0.6 is 23.6 Å². The number of thiophene rings is 1. The summed E-state index contributed by atoms with van der Waals surface area (Å²) < 4.78 is 2.37. The highest BCUT2D eigenvalue weighted by Crippen LogP contribution is 2.33. The second-order valence-electron chi connectivity index (χ2n) is 4.75. The zero-order valence-corrected chi connectivity index (χ0v) is 11.8. The zero-order valence-electron chi connectivity index (χ0n) is 10.1. The number of nitro groups is 1. The van der Waals surface area contributed by atoms with Crippen LogP contribution in [0.1, 0.15) is 20.8 Å². The number of H-pyrrole nitrogens is 1. The number of hydrogen-bond acceptors (Lipinski definition) is 5. The average molecular weight is 284 g/mol. The van der Waals surface area contributed by atoms with Crippen LogP contribution in [0.25, 0.3) is 10.7 Å². The lowest BCUT2D eigenvalue weighted by Gasteiger charge is -2.21.